The number of carbonyl (C=O) groups excluding carboxylic acids is 1. The average Bonchev–Trinajstić information content (AvgIpc) is 3.49. The van der Waals surface area contributed by atoms with Crippen LogP contribution >= 0.6 is 0 Å². The molecule has 0 spiro atoms. The van der Waals surface area contributed by atoms with Crippen molar-refractivity contribution in [1.82, 2.24) is 25.3 Å². The molecular formula is C25H24N6O5. The van der Waals surface area contributed by atoms with Crippen LogP contribution in [0, 0.1) is 6.92 Å². The minimum Gasteiger partial charge on any atom is -0.495 e. The van der Waals surface area contributed by atoms with Gasteiger partial charge in [-0.2, -0.15) is 9.97 Å². The minimum absolute atomic E-state index is 0.0562. The molecule has 11 nitrogen and oxygen atoms in total. The highest BCUT2D eigenvalue weighted by molar-refractivity contribution is 5.99. The van der Waals surface area contributed by atoms with Gasteiger partial charge < -0.3 is 34.6 Å². The van der Waals surface area contributed by atoms with Gasteiger partial charge >= 0.3 is 0 Å². The molecule has 3 aromatic heterocycles. The Labute approximate surface area is 205 Å². The quantitative estimate of drug-likeness (QED) is 0.257. The number of anilines is 2. The van der Waals surface area contributed by atoms with Gasteiger partial charge in [0.2, 0.25) is 11.8 Å². The van der Waals surface area contributed by atoms with Crippen LogP contribution in [0.5, 0.6) is 11.6 Å². The molecule has 3 heterocycles. The lowest BCUT2D eigenvalue weighted by atomic mass is 10.1. The van der Waals surface area contributed by atoms with Crippen LogP contribution in [0.25, 0.3) is 33.3 Å². The van der Waals surface area contributed by atoms with Crippen molar-refractivity contribution in [3.05, 3.63) is 54.0 Å². The van der Waals surface area contributed by atoms with Gasteiger partial charge in [-0.1, -0.05) is 6.07 Å². The van der Waals surface area contributed by atoms with Crippen molar-refractivity contribution >= 4 is 39.7 Å². The number of aromatic amines is 1. The highest BCUT2D eigenvalue weighted by Gasteiger charge is 2.19. The van der Waals surface area contributed by atoms with Crippen LogP contribution < -0.4 is 20.1 Å². The number of hydrogen-bond acceptors (Lipinski definition) is 9. The van der Waals surface area contributed by atoms with Crippen molar-refractivity contribution in [2.45, 2.75) is 6.92 Å². The first-order chi connectivity index (χ1) is 17.5. The second-order valence-corrected chi connectivity index (χ2v) is 7.88. The zero-order valence-electron chi connectivity index (χ0n) is 19.9. The molecule has 2 aromatic carbocycles. The number of ether oxygens (including phenoxy) is 2. The first-order valence-corrected chi connectivity index (χ1v) is 11.2. The highest BCUT2D eigenvalue weighted by Crippen LogP contribution is 2.37. The van der Waals surface area contributed by atoms with Crippen molar-refractivity contribution < 1.29 is 23.8 Å². The van der Waals surface area contributed by atoms with Gasteiger partial charge in [-0.3, -0.25) is 4.79 Å². The molecule has 0 aliphatic rings. The number of fused-ring (bicyclic) bond motifs is 2. The van der Waals surface area contributed by atoms with Gasteiger partial charge in [-0.25, -0.2) is 4.98 Å². The second-order valence-electron chi connectivity index (χ2n) is 7.88. The summed E-state index contributed by atoms with van der Waals surface area (Å²) in [6.07, 6.45) is 1.82. The van der Waals surface area contributed by atoms with E-state index in [1.165, 1.54) is 7.11 Å². The van der Waals surface area contributed by atoms with Gasteiger partial charge in [-0.15, -0.1) is 0 Å². The van der Waals surface area contributed by atoms with Crippen LogP contribution in [-0.2, 0) is 0 Å². The van der Waals surface area contributed by atoms with E-state index >= 15 is 0 Å². The summed E-state index contributed by atoms with van der Waals surface area (Å²) in [6, 6.07) is 10.7. The minimum atomic E-state index is -0.227. The number of amides is 1. The molecule has 0 bridgehead atoms. The third kappa shape index (κ3) is 4.27. The Balaban J connectivity index is 1.56. The Hall–Kier alpha value is -4.64. The molecule has 4 N–H and O–H groups in total. The molecular weight excluding hydrogens is 464 g/mol. The van der Waals surface area contributed by atoms with Crippen LogP contribution in [0.1, 0.15) is 16.2 Å². The Kier molecular flexibility index (Phi) is 6.13. The average molecular weight is 489 g/mol. The second kappa shape index (κ2) is 9.55. The number of oxazole rings is 1. The largest absolute Gasteiger partial charge is 0.495 e. The molecule has 0 unspecified atom stereocenters. The lowest BCUT2D eigenvalue weighted by Crippen LogP contribution is -2.17. The summed E-state index contributed by atoms with van der Waals surface area (Å²) in [5.41, 5.74) is 4.68. The molecule has 0 radical (unpaired) electrons. The van der Waals surface area contributed by atoms with E-state index in [4.69, 9.17) is 13.9 Å². The molecule has 0 fully saturated rings. The van der Waals surface area contributed by atoms with Gasteiger partial charge in [0.25, 0.3) is 5.91 Å². The number of benzene rings is 2. The van der Waals surface area contributed by atoms with Crippen molar-refractivity contribution in [3.63, 3.8) is 0 Å². The van der Waals surface area contributed by atoms with Gasteiger partial charge in [0, 0.05) is 31.3 Å². The number of hydrogen-bond donors (Lipinski definition) is 4. The van der Waals surface area contributed by atoms with Crippen molar-refractivity contribution in [1.29, 1.82) is 0 Å². The van der Waals surface area contributed by atoms with E-state index in [1.54, 1.807) is 32.2 Å². The smallest absolute Gasteiger partial charge is 0.251 e. The number of methoxy groups -OCH3 is 1. The standard InChI is InChI=1S/C25H24N6O5/c1-13-28-18-6-4-14(10-20(18)36-13)16-12-27-22-21(16)24(35-9-8-32)31-25(30-22)29-17-7-5-15(23(33)26-2)11-19(17)34-3/h4-7,10-12,32H,8-9H2,1-3H3,(H,26,33)(H2,27,29,30,31). The predicted octanol–water partition coefficient (Wildman–Crippen LogP) is 3.56. The molecule has 0 aliphatic heterocycles. The van der Waals surface area contributed by atoms with Crippen LogP contribution in [0.4, 0.5) is 11.6 Å². The molecule has 0 saturated heterocycles. The molecule has 5 aromatic rings. The number of nitrogens with zero attached hydrogens (tertiary/aromatic N) is 3. The summed E-state index contributed by atoms with van der Waals surface area (Å²) in [5.74, 6) is 1.35. The fraction of sp³-hybridized carbons (Fsp3) is 0.200. The van der Waals surface area contributed by atoms with Crippen molar-refractivity contribution in [3.8, 4) is 22.8 Å². The summed E-state index contributed by atoms with van der Waals surface area (Å²) in [7, 11) is 3.07. The first kappa shape index (κ1) is 23.1. The normalized spacial score (nSPS) is 11.1. The van der Waals surface area contributed by atoms with E-state index in [2.05, 4.69) is 30.6 Å². The van der Waals surface area contributed by atoms with Crippen LogP contribution in [-0.4, -0.2) is 58.3 Å². The van der Waals surface area contributed by atoms with Crippen molar-refractivity contribution in [2.75, 3.05) is 32.7 Å². The van der Waals surface area contributed by atoms with E-state index in [9.17, 15) is 9.90 Å². The number of nitrogens with one attached hydrogen (secondary N) is 3. The van der Waals surface area contributed by atoms with E-state index < -0.39 is 0 Å². The Bertz CT molecular complexity index is 1570. The van der Waals surface area contributed by atoms with Crippen molar-refractivity contribution in [2.24, 2.45) is 0 Å². The molecule has 1 amide bonds. The SMILES string of the molecule is CNC(=O)c1ccc(Nc2nc(OCCO)c3c(-c4ccc5nc(C)oc5c4)c[nH]c3n2)c(OC)c1. The fourth-order valence-corrected chi connectivity index (χ4v) is 3.94. The third-order valence-corrected chi connectivity index (χ3v) is 5.57. The maximum absolute atomic E-state index is 12.0. The lowest BCUT2D eigenvalue weighted by molar-refractivity contribution is 0.0962. The number of rotatable bonds is 8. The molecule has 0 saturated carbocycles. The molecule has 184 valence electrons. The first-order valence-electron chi connectivity index (χ1n) is 11.2. The molecule has 0 aliphatic carbocycles. The molecule has 11 heteroatoms. The zero-order chi connectivity index (χ0) is 25.2. The number of aromatic nitrogens is 4. The summed E-state index contributed by atoms with van der Waals surface area (Å²) in [4.78, 5) is 28.7. The topological polar surface area (TPSA) is 147 Å². The van der Waals surface area contributed by atoms with E-state index in [0.29, 0.717) is 45.4 Å². The number of H-pyrrole nitrogens is 1. The zero-order valence-corrected chi connectivity index (χ0v) is 19.9. The van der Waals surface area contributed by atoms with Gasteiger partial charge in [0.05, 0.1) is 24.8 Å². The highest BCUT2D eigenvalue weighted by atomic mass is 16.5. The predicted molar refractivity (Wildman–Crippen MR) is 134 cm³/mol. The summed E-state index contributed by atoms with van der Waals surface area (Å²) < 4.78 is 16.9. The van der Waals surface area contributed by atoms with Gasteiger partial charge in [0.1, 0.15) is 23.5 Å². The van der Waals surface area contributed by atoms with Gasteiger partial charge in [0.15, 0.2) is 11.5 Å². The van der Waals surface area contributed by atoms with E-state index in [-0.39, 0.29) is 25.1 Å². The molecule has 0 atom stereocenters. The van der Waals surface area contributed by atoms with Crippen LogP contribution in [0.2, 0.25) is 0 Å². The Morgan fingerprint density at radius 1 is 1.17 bits per heavy atom. The Morgan fingerprint density at radius 2 is 2.03 bits per heavy atom. The van der Waals surface area contributed by atoms with Crippen LogP contribution in [0.15, 0.2) is 47.0 Å². The van der Waals surface area contributed by atoms with Gasteiger partial charge in [-0.05, 0) is 35.9 Å². The fourth-order valence-electron chi connectivity index (χ4n) is 3.94. The van der Waals surface area contributed by atoms with E-state index in [1.807, 2.05) is 24.4 Å². The molecule has 5 rings (SSSR count). The monoisotopic (exact) mass is 488 g/mol. The number of aliphatic hydroxyl groups excluding tert-OH is 1. The summed E-state index contributed by atoms with van der Waals surface area (Å²) in [5, 5.41) is 15.7. The van der Waals surface area contributed by atoms with Crippen LogP contribution in [0.3, 0.4) is 0 Å². The molecule has 36 heavy (non-hydrogen) atoms. The Morgan fingerprint density at radius 3 is 2.81 bits per heavy atom. The summed E-state index contributed by atoms with van der Waals surface area (Å²) >= 11 is 0. The number of carbonyl (C=O) groups is 1. The lowest BCUT2D eigenvalue weighted by Gasteiger charge is -2.13. The third-order valence-electron chi connectivity index (χ3n) is 5.57. The number of aliphatic hydroxyl groups is 1. The number of aryl methyl sites for hydroxylation is 1. The van der Waals surface area contributed by atoms with E-state index in [0.717, 1.165) is 16.6 Å². The summed E-state index contributed by atoms with van der Waals surface area (Å²) in [6.45, 7) is 1.68. The maximum Gasteiger partial charge on any atom is 0.251 e. The maximum atomic E-state index is 12.0.